The van der Waals surface area contributed by atoms with Gasteiger partial charge in [-0.05, 0) is 38.0 Å². The summed E-state index contributed by atoms with van der Waals surface area (Å²) >= 11 is 0. The van der Waals surface area contributed by atoms with Gasteiger partial charge in [-0.25, -0.2) is 0 Å². The standard InChI is InChI=1S/C15H22N2O3/c1-2-9-6-11(12(7-9)15(19)20)14(18)17-13-5-3-4-10(13)8-16/h9-13H,2-7H2,1H3,(H,17,18)(H,19,20)/t9?,10?,11-,12+,13?/m0/s1. The predicted octanol–water partition coefficient (Wildman–Crippen LogP) is 1.93. The van der Waals surface area contributed by atoms with Crippen LogP contribution in [0.2, 0.25) is 0 Å². The lowest BCUT2D eigenvalue weighted by molar-refractivity contribution is -0.146. The van der Waals surface area contributed by atoms with Gasteiger partial charge in [-0.15, -0.1) is 0 Å². The lowest BCUT2D eigenvalue weighted by Gasteiger charge is -2.20. The van der Waals surface area contributed by atoms with Crippen molar-refractivity contribution >= 4 is 11.9 Å². The number of nitriles is 1. The van der Waals surface area contributed by atoms with E-state index in [0.29, 0.717) is 18.8 Å². The first-order chi connectivity index (χ1) is 9.56. The summed E-state index contributed by atoms with van der Waals surface area (Å²) in [5.74, 6) is -1.84. The summed E-state index contributed by atoms with van der Waals surface area (Å²) in [6, 6.07) is 2.14. The molecule has 5 nitrogen and oxygen atoms in total. The molecule has 5 heteroatoms. The first kappa shape index (κ1) is 14.8. The Labute approximate surface area is 119 Å². The van der Waals surface area contributed by atoms with E-state index in [2.05, 4.69) is 11.4 Å². The van der Waals surface area contributed by atoms with Gasteiger partial charge in [-0.3, -0.25) is 9.59 Å². The molecule has 0 aromatic heterocycles. The predicted molar refractivity (Wildman–Crippen MR) is 72.5 cm³/mol. The zero-order valence-electron chi connectivity index (χ0n) is 11.8. The molecule has 2 N–H and O–H groups in total. The first-order valence-electron chi connectivity index (χ1n) is 7.49. The van der Waals surface area contributed by atoms with E-state index in [1.54, 1.807) is 0 Å². The highest BCUT2D eigenvalue weighted by atomic mass is 16.4. The fraction of sp³-hybridized carbons (Fsp3) is 0.800. The van der Waals surface area contributed by atoms with Gasteiger partial charge in [0.25, 0.3) is 0 Å². The van der Waals surface area contributed by atoms with Crippen molar-refractivity contribution in [1.29, 1.82) is 5.26 Å². The van der Waals surface area contributed by atoms with Gasteiger partial charge in [-0.1, -0.05) is 13.3 Å². The second kappa shape index (κ2) is 6.25. The highest BCUT2D eigenvalue weighted by Gasteiger charge is 2.43. The number of hydrogen-bond donors (Lipinski definition) is 2. The van der Waals surface area contributed by atoms with Gasteiger partial charge in [0.05, 0.1) is 23.8 Å². The average molecular weight is 278 g/mol. The van der Waals surface area contributed by atoms with Gasteiger partial charge >= 0.3 is 5.97 Å². The van der Waals surface area contributed by atoms with Crippen molar-refractivity contribution in [2.45, 2.75) is 51.5 Å². The van der Waals surface area contributed by atoms with E-state index < -0.39 is 17.8 Å². The second-order valence-electron chi connectivity index (χ2n) is 6.08. The van der Waals surface area contributed by atoms with E-state index in [1.807, 2.05) is 6.92 Å². The molecular weight excluding hydrogens is 256 g/mol. The summed E-state index contributed by atoms with van der Waals surface area (Å²) in [5, 5.41) is 21.2. The van der Waals surface area contributed by atoms with E-state index in [4.69, 9.17) is 5.26 Å². The highest BCUT2D eigenvalue weighted by Crippen LogP contribution is 2.39. The van der Waals surface area contributed by atoms with Crippen molar-refractivity contribution in [2.24, 2.45) is 23.7 Å². The molecule has 2 saturated carbocycles. The highest BCUT2D eigenvalue weighted by molar-refractivity contribution is 5.85. The first-order valence-corrected chi connectivity index (χ1v) is 7.49. The van der Waals surface area contributed by atoms with Crippen molar-refractivity contribution in [1.82, 2.24) is 5.32 Å². The maximum atomic E-state index is 12.4. The zero-order valence-corrected chi connectivity index (χ0v) is 11.8. The molecular formula is C15H22N2O3. The van der Waals surface area contributed by atoms with Gasteiger partial charge < -0.3 is 10.4 Å². The summed E-state index contributed by atoms with van der Waals surface area (Å²) in [6.07, 6.45) is 4.77. The molecule has 0 radical (unpaired) electrons. The molecule has 2 aliphatic rings. The number of aliphatic carboxylic acids is 1. The maximum absolute atomic E-state index is 12.4. The molecule has 3 unspecified atom stereocenters. The molecule has 2 rings (SSSR count). The molecule has 0 heterocycles. The third-order valence-electron chi connectivity index (χ3n) is 4.90. The second-order valence-corrected chi connectivity index (χ2v) is 6.08. The van der Waals surface area contributed by atoms with Crippen molar-refractivity contribution in [2.75, 3.05) is 0 Å². The Bertz CT molecular complexity index is 429. The molecule has 5 atom stereocenters. The number of carboxylic acid groups (broad SMARTS) is 1. The van der Waals surface area contributed by atoms with E-state index in [-0.39, 0.29) is 17.9 Å². The topological polar surface area (TPSA) is 90.2 Å². The molecule has 0 aromatic carbocycles. The van der Waals surface area contributed by atoms with Crippen molar-refractivity contribution in [3.05, 3.63) is 0 Å². The van der Waals surface area contributed by atoms with Crippen molar-refractivity contribution < 1.29 is 14.7 Å². The molecule has 1 amide bonds. The maximum Gasteiger partial charge on any atom is 0.307 e. The Morgan fingerprint density at radius 3 is 2.60 bits per heavy atom. The van der Waals surface area contributed by atoms with Gasteiger partial charge in [0.1, 0.15) is 0 Å². The van der Waals surface area contributed by atoms with Crippen LogP contribution in [0.15, 0.2) is 0 Å². The van der Waals surface area contributed by atoms with Crippen LogP contribution in [0, 0.1) is 35.0 Å². The average Bonchev–Trinajstić information content (AvgIpc) is 3.04. The van der Waals surface area contributed by atoms with Gasteiger partial charge in [0.15, 0.2) is 0 Å². The smallest absolute Gasteiger partial charge is 0.307 e. The van der Waals surface area contributed by atoms with Crippen LogP contribution < -0.4 is 5.32 Å². The van der Waals surface area contributed by atoms with Gasteiger partial charge in [0.2, 0.25) is 5.91 Å². The van der Waals surface area contributed by atoms with E-state index in [9.17, 15) is 14.7 Å². The van der Waals surface area contributed by atoms with E-state index in [0.717, 1.165) is 25.7 Å². The summed E-state index contributed by atoms with van der Waals surface area (Å²) in [7, 11) is 0. The van der Waals surface area contributed by atoms with E-state index in [1.165, 1.54) is 0 Å². The Hall–Kier alpha value is -1.57. The van der Waals surface area contributed by atoms with Crippen LogP contribution in [0.5, 0.6) is 0 Å². The number of nitrogens with one attached hydrogen (secondary N) is 1. The summed E-state index contributed by atoms with van der Waals surface area (Å²) in [4.78, 5) is 23.7. The minimum Gasteiger partial charge on any atom is -0.481 e. The summed E-state index contributed by atoms with van der Waals surface area (Å²) in [6.45, 7) is 2.03. The van der Waals surface area contributed by atoms with Gasteiger partial charge in [-0.2, -0.15) is 5.26 Å². The van der Waals surface area contributed by atoms with Gasteiger partial charge in [0, 0.05) is 6.04 Å². The number of carbonyl (C=O) groups is 2. The van der Waals surface area contributed by atoms with Crippen molar-refractivity contribution in [3.63, 3.8) is 0 Å². The molecule has 0 bridgehead atoms. The lowest BCUT2D eigenvalue weighted by Crippen LogP contribution is -2.42. The third-order valence-corrected chi connectivity index (χ3v) is 4.90. The number of amides is 1. The summed E-state index contributed by atoms with van der Waals surface area (Å²) < 4.78 is 0. The van der Waals surface area contributed by atoms with Crippen LogP contribution in [0.3, 0.4) is 0 Å². The number of carbonyl (C=O) groups excluding carboxylic acids is 1. The molecule has 20 heavy (non-hydrogen) atoms. The monoisotopic (exact) mass is 278 g/mol. The largest absolute Gasteiger partial charge is 0.481 e. The number of rotatable bonds is 4. The molecule has 110 valence electrons. The molecule has 0 spiro atoms. The third kappa shape index (κ3) is 2.95. The minimum atomic E-state index is -0.871. The fourth-order valence-corrected chi connectivity index (χ4v) is 3.62. The molecule has 0 aliphatic heterocycles. The van der Waals surface area contributed by atoms with Crippen LogP contribution in [-0.2, 0) is 9.59 Å². The van der Waals surface area contributed by atoms with E-state index >= 15 is 0 Å². The Balaban J connectivity index is 2.00. The van der Waals surface area contributed by atoms with Crippen LogP contribution in [0.4, 0.5) is 0 Å². The summed E-state index contributed by atoms with van der Waals surface area (Å²) in [5.41, 5.74) is 0. The molecule has 0 saturated heterocycles. The minimum absolute atomic E-state index is 0.0948. The fourth-order valence-electron chi connectivity index (χ4n) is 3.62. The number of hydrogen-bond acceptors (Lipinski definition) is 3. The molecule has 2 aliphatic carbocycles. The van der Waals surface area contributed by atoms with Crippen LogP contribution in [-0.4, -0.2) is 23.0 Å². The normalized spacial score (nSPS) is 36.5. The molecule has 0 aromatic rings. The molecule has 2 fully saturated rings. The number of nitrogens with zero attached hydrogens (tertiary/aromatic N) is 1. The Morgan fingerprint density at radius 1 is 1.30 bits per heavy atom. The van der Waals surface area contributed by atoms with Crippen LogP contribution >= 0.6 is 0 Å². The Morgan fingerprint density at radius 2 is 2.00 bits per heavy atom. The Kier molecular flexibility index (Phi) is 4.64. The number of carboxylic acids is 1. The zero-order chi connectivity index (χ0) is 14.7. The van der Waals surface area contributed by atoms with Crippen molar-refractivity contribution in [3.8, 4) is 6.07 Å². The quantitative estimate of drug-likeness (QED) is 0.822. The SMILES string of the molecule is CCC1C[C@H](C(=O)NC2CCCC2C#N)[C@H](C(=O)O)C1. The lowest BCUT2D eigenvalue weighted by atomic mass is 9.94. The van der Waals surface area contributed by atoms with Crippen LogP contribution in [0.1, 0.15) is 45.4 Å². The van der Waals surface area contributed by atoms with Crippen LogP contribution in [0.25, 0.3) is 0 Å².